The number of nitrogens with one attached hydrogen (secondary N) is 1. The summed E-state index contributed by atoms with van der Waals surface area (Å²) in [5, 5.41) is 14.3. The molecule has 1 heterocycles. The van der Waals surface area contributed by atoms with Crippen molar-refractivity contribution in [3.8, 4) is 5.75 Å². The van der Waals surface area contributed by atoms with Gasteiger partial charge in [-0.1, -0.05) is 18.2 Å². The number of benzene rings is 2. The number of carbonyl (C=O) groups is 1. The minimum Gasteiger partial charge on any atom is -0.496 e. The quantitative estimate of drug-likeness (QED) is 0.601. The smallest absolute Gasteiger partial charge is 0.245 e. The molecule has 9 heteroatoms. The van der Waals surface area contributed by atoms with Crippen LogP contribution in [-0.2, 0) is 17.8 Å². The number of ether oxygens (including phenoxy) is 1. The Bertz CT molecular complexity index is 978. The Labute approximate surface area is 170 Å². The summed E-state index contributed by atoms with van der Waals surface area (Å²) in [4.78, 5) is 12.9. The van der Waals surface area contributed by atoms with E-state index < -0.39 is 6.04 Å². The number of amides is 1. The molecular formula is C19H19BrFN5O2. The molecule has 0 saturated carbocycles. The normalized spacial score (nSPS) is 11.9. The fourth-order valence-electron chi connectivity index (χ4n) is 2.83. The van der Waals surface area contributed by atoms with Crippen molar-refractivity contribution in [3.05, 3.63) is 69.7 Å². The van der Waals surface area contributed by atoms with E-state index in [0.29, 0.717) is 23.7 Å². The monoisotopic (exact) mass is 447 g/mol. The molecule has 1 amide bonds. The fraction of sp³-hybridized carbons (Fsp3) is 0.263. The van der Waals surface area contributed by atoms with Crippen LogP contribution < -0.4 is 10.1 Å². The molecule has 0 aliphatic rings. The number of tetrazole rings is 1. The third kappa shape index (κ3) is 4.72. The lowest BCUT2D eigenvalue weighted by molar-refractivity contribution is -0.124. The van der Waals surface area contributed by atoms with Gasteiger partial charge in [0.25, 0.3) is 0 Å². The predicted octanol–water partition coefficient (Wildman–Crippen LogP) is 2.99. The molecule has 0 fully saturated rings. The van der Waals surface area contributed by atoms with Crippen molar-refractivity contribution >= 4 is 21.8 Å². The number of halogens is 2. The van der Waals surface area contributed by atoms with E-state index in [2.05, 4.69) is 36.8 Å². The Hall–Kier alpha value is -2.81. The van der Waals surface area contributed by atoms with Crippen LogP contribution in [0.4, 0.5) is 4.39 Å². The Morgan fingerprint density at radius 1 is 1.29 bits per heavy atom. The molecule has 2 aromatic carbocycles. The van der Waals surface area contributed by atoms with Crippen LogP contribution in [0.2, 0.25) is 0 Å². The van der Waals surface area contributed by atoms with Crippen LogP contribution in [0.3, 0.4) is 0 Å². The third-order valence-electron chi connectivity index (χ3n) is 4.26. The topological polar surface area (TPSA) is 81.9 Å². The van der Waals surface area contributed by atoms with E-state index >= 15 is 0 Å². The van der Waals surface area contributed by atoms with Gasteiger partial charge in [0.05, 0.1) is 11.6 Å². The number of nitrogens with zero attached hydrogens (tertiary/aromatic N) is 4. The van der Waals surface area contributed by atoms with Crippen LogP contribution in [0.5, 0.6) is 5.75 Å². The van der Waals surface area contributed by atoms with Gasteiger partial charge in [-0.3, -0.25) is 4.79 Å². The van der Waals surface area contributed by atoms with Gasteiger partial charge in [-0.25, -0.2) is 9.07 Å². The van der Waals surface area contributed by atoms with Gasteiger partial charge < -0.3 is 10.1 Å². The molecule has 1 aromatic heterocycles. The summed E-state index contributed by atoms with van der Waals surface area (Å²) < 4.78 is 21.0. The number of carbonyl (C=O) groups excluding carboxylic acids is 1. The molecule has 7 nitrogen and oxygen atoms in total. The SMILES string of the molecule is COc1ccc(CNC(=O)C(Cc2cccc(F)c2)n2nnnc2C)cc1Br. The summed E-state index contributed by atoms with van der Waals surface area (Å²) in [7, 11) is 1.59. The maximum Gasteiger partial charge on any atom is 0.245 e. The van der Waals surface area contributed by atoms with E-state index in [1.807, 2.05) is 18.2 Å². The van der Waals surface area contributed by atoms with Crippen molar-refractivity contribution in [1.29, 1.82) is 0 Å². The molecule has 0 saturated heterocycles. The van der Waals surface area contributed by atoms with Crippen LogP contribution in [0, 0.1) is 12.7 Å². The maximum absolute atomic E-state index is 13.5. The van der Waals surface area contributed by atoms with E-state index in [9.17, 15) is 9.18 Å². The first-order chi connectivity index (χ1) is 13.5. The van der Waals surface area contributed by atoms with E-state index in [0.717, 1.165) is 10.0 Å². The second-order valence-electron chi connectivity index (χ2n) is 6.21. The first kappa shape index (κ1) is 19.9. The molecule has 3 rings (SSSR count). The van der Waals surface area contributed by atoms with E-state index in [1.165, 1.54) is 16.8 Å². The van der Waals surface area contributed by atoms with E-state index in [1.54, 1.807) is 26.2 Å². The summed E-state index contributed by atoms with van der Waals surface area (Å²) >= 11 is 3.43. The van der Waals surface area contributed by atoms with E-state index in [4.69, 9.17) is 4.74 Å². The minimum absolute atomic E-state index is 0.258. The van der Waals surface area contributed by atoms with Gasteiger partial charge in [0.2, 0.25) is 5.91 Å². The Balaban J connectivity index is 1.77. The molecular weight excluding hydrogens is 429 g/mol. The molecule has 1 N–H and O–H groups in total. The predicted molar refractivity (Wildman–Crippen MR) is 104 cm³/mol. The average molecular weight is 448 g/mol. The molecule has 3 aromatic rings. The van der Waals surface area contributed by atoms with Gasteiger partial charge in [-0.15, -0.1) is 5.10 Å². The lowest BCUT2D eigenvalue weighted by Gasteiger charge is -2.18. The minimum atomic E-state index is -0.696. The number of hydrogen-bond acceptors (Lipinski definition) is 5. The second-order valence-corrected chi connectivity index (χ2v) is 7.06. The maximum atomic E-state index is 13.5. The highest BCUT2D eigenvalue weighted by Crippen LogP contribution is 2.25. The van der Waals surface area contributed by atoms with Crippen LogP contribution in [-0.4, -0.2) is 33.2 Å². The van der Waals surface area contributed by atoms with E-state index in [-0.39, 0.29) is 18.1 Å². The molecule has 0 radical (unpaired) electrons. The highest BCUT2D eigenvalue weighted by Gasteiger charge is 2.24. The van der Waals surface area contributed by atoms with Crippen LogP contribution in [0.25, 0.3) is 0 Å². The lowest BCUT2D eigenvalue weighted by Crippen LogP contribution is -2.34. The first-order valence-electron chi connectivity index (χ1n) is 8.57. The molecule has 1 atom stereocenters. The largest absolute Gasteiger partial charge is 0.496 e. The number of aromatic nitrogens is 4. The highest BCUT2D eigenvalue weighted by molar-refractivity contribution is 9.10. The molecule has 0 bridgehead atoms. The summed E-state index contributed by atoms with van der Waals surface area (Å²) in [5.41, 5.74) is 1.58. The van der Waals surface area contributed by atoms with Gasteiger partial charge in [-0.2, -0.15) is 0 Å². The standard InChI is InChI=1S/C19H19BrFN5O2/c1-12-23-24-25-26(12)17(10-13-4-3-5-15(21)8-13)19(27)22-11-14-6-7-18(28-2)16(20)9-14/h3-9,17H,10-11H2,1-2H3,(H,22,27). The second kappa shape index (κ2) is 8.92. The lowest BCUT2D eigenvalue weighted by atomic mass is 10.0. The molecule has 0 aliphatic carbocycles. The zero-order chi connectivity index (χ0) is 20.1. The summed E-state index contributed by atoms with van der Waals surface area (Å²) in [6, 6.07) is 11.0. The van der Waals surface area contributed by atoms with Crippen molar-refractivity contribution in [2.45, 2.75) is 25.9 Å². The zero-order valence-electron chi connectivity index (χ0n) is 15.4. The average Bonchev–Trinajstić information content (AvgIpc) is 3.10. The molecule has 146 valence electrons. The first-order valence-corrected chi connectivity index (χ1v) is 9.36. The zero-order valence-corrected chi connectivity index (χ0v) is 17.0. The number of hydrogen-bond donors (Lipinski definition) is 1. The van der Waals surface area contributed by atoms with Gasteiger partial charge >= 0.3 is 0 Å². The van der Waals surface area contributed by atoms with Gasteiger partial charge in [-0.05, 0) is 68.7 Å². The van der Waals surface area contributed by atoms with Crippen LogP contribution in [0.1, 0.15) is 23.0 Å². The molecule has 0 aliphatic heterocycles. The third-order valence-corrected chi connectivity index (χ3v) is 4.88. The summed E-state index contributed by atoms with van der Waals surface area (Å²) in [5.74, 6) is 0.604. The number of aryl methyl sites for hydroxylation is 1. The van der Waals surface area contributed by atoms with Gasteiger partial charge in [0, 0.05) is 13.0 Å². The van der Waals surface area contributed by atoms with Crippen molar-refractivity contribution in [2.24, 2.45) is 0 Å². The summed E-state index contributed by atoms with van der Waals surface area (Å²) in [6.45, 7) is 2.04. The van der Waals surface area contributed by atoms with Crippen LogP contribution >= 0.6 is 15.9 Å². The Kier molecular flexibility index (Phi) is 6.35. The van der Waals surface area contributed by atoms with Crippen molar-refractivity contribution in [2.75, 3.05) is 7.11 Å². The fourth-order valence-corrected chi connectivity index (χ4v) is 3.42. The van der Waals surface area contributed by atoms with Gasteiger partial charge in [0.1, 0.15) is 23.4 Å². The number of rotatable bonds is 7. The van der Waals surface area contributed by atoms with Gasteiger partial charge in [0.15, 0.2) is 0 Å². The van der Waals surface area contributed by atoms with Crippen LogP contribution in [0.15, 0.2) is 46.9 Å². The van der Waals surface area contributed by atoms with Crippen molar-refractivity contribution < 1.29 is 13.9 Å². The molecule has 1 unspecified atom stereocenters. The highest BCUT2D eigenvalue weighted by atomic mass is 79.9. The Morgan fingerprint density at radius 2 is 2.11 bits per heavy atom. The molecule has 28 heavy (non-hydrogen) atoms. The van der Waals surface area contributed by atoms with Crippen molar-refractivity contribution in [3.63, 3.8) is 0 Å². The Morgan fingerprint density at radius 3 is 2.75 bits per heavy atom. The number of methoxy groups -OCH3 is 1. The van der Waals surface area contributed by atoms with Crippen molar-refractivity contribution in [1.82, 2.24) is 25.5 Å². The molecule has 0 spiro atoms. The summed E-state index contributed by atoms with van der Waals surface area (Å²) in [6.07, 6.45) is 0.266.